The van der Waals surface area contributed by atoms with Crippen LogP contribution in [0, 0.1) is 5.82 Å². The van der Waals surface area contributed by atoms with Gasteiger partial charge in [-0.2, -0.15) is 9.83 Å². The summed E-state index contributed by atoms with van der Waals surface area (Å²) in [4.78, 5) is 26.4. The van der Waals surface area contributed by atoms with Crippen LogP contribution in [0.1, 0.15) is 29.8 Å². The molecule has 0 bridgehead atoms. The Morgan fingerprint density at radius 3 is 2.77 bits per heavy atom. The van der Waals surface area contributed by atoms with Crippen molar-refractivity contribution in [1.29, 1.82) is 0 Å². The molecule has 1 amide bonds. The second-order valence-corrected chi connectivity index (χ2v) is 7.46. The number of hydrogen-bond donors (Lipinski definition) is 1. The van der Waals surface area contributed by atoms with Crippen LogP contribution in [0.15, 0.2) is 42.9 Å². The molecule has 0 atom stereocenters. The quantitative estimate of drug-likeness (QED) is 0.528. The Morgan fingerprint density at radius 1 is 1.23 bits per heavy atom. The zero-order valence-corrected chi connectivity index (χ0v) is 16.4. The number of nitrogens with two attached hydrogens (primary N) is 1. The van der Waals surface area contributed by atoms with Gasteiger partial charge in [0.25, 0.3) is 5.91 Å². The minimum absolute atomic E-state index is 0.0121. The van der Waals surface area contributed by atoms with Crippen LogP contribution in [0.5, 0.6) is 0 Å². The second kappa shape index (κ2) is 7.10. The third kappa shape index (κ3) is 3.07. The van der Waals surface area contributed by atoms with E-state index < -0.39 is 11.7 Å². The average molecular weight is 427 g/mol. The summed E-state index contributed by atoms with van der Waals surface area (Å²) in [5.41, 5.74) is 8.22. The number of benzene rings is 1. The number of imidazole rings is 2. The molecule has 4 aromatic rings. The van der Waals surface area contributed by atoms with Crippen LogP contribution in [0.25, 0.3) is 28.3 Å². The van der Waals surface area contributed by atoms with E-state index in [1.54, 1.807) is 29.3 Å². The van der Waals surface area contributed by atoms with Crippen molar-refractivity contribution < 1.29 is 14.0 Å². The van der Waals surface area contributed by atoms with Gasteiger partial charge in [0.2, 0.25) is 0 Å². The first kappa shape index (κ1) is 18.6. The average Bonchev–Trinajstić information content (AvgIpc) is 3.30. The van der Waals surface area contributed by atoms with Crippen molar-refractivity contribution in [3.63, 3.8) is 0 Å². The number of rotatable bonds is 5. The molecule has 1 aliphatic carbocycles. The third-order valence-corrected chi connectivity index (χ3v) is 5.39. The van der Waals surface area contributed by atoms with E-state index in [1.807, 2.05) is 0 Å². The van der Waals surface area contributed by atoms with Gasteiger partial charge in [0, 0.05) is 5.56 Å². The summed E-state index contributed by atoms with van der Waals surface area (Å²) in [6.07, 6.45) is 6.02. The number of hydrogen-bond acceptors (Lipinski definition) is 5. The topological polar surface area (TPSA) is 100 Å². The van der Waals surface area contributed by atoms with Gasteiger partial charge in [-0.1, -0.05) is 11.6 Å². The summed E-state index contributed by atoms with van der Waals surface area (Å²) in [7, 11) is 0. The summed E-state index contributed by atoms with van der Waals surface area (Å²) in [5.74, 6) is -1.16. The lowest BCUT2D eigenvalue weighted by Crippen LogP contribution is -2.31. The standard InChI is InChI=1S/C20H16ClFN6O2/c21-13-8-11(4-5-14(13)22)18-19(27(10-25-18)30-12-2-1-3-12)15-6-7-17-24-9-16(20(23)29)28(17)26-15/h4-10,12H,1-3H2,(H2,23,29). The molecule has 1 saturated carbocycles. The zero-order valence-electron chi connectivity index (χ0n) is 15.6. The fourth-order valence-electron chi connectivity index (χ4n) is 3.31. The largest absolute Gasteiger partial charge is 0.409 e. The Labute approximate surface area is 175 Å². The first-order chi connectivity index (χ1) is 14.5. The van der Waals surface area contributed by atoms with E-state index in [1.165, 1.54) is 22.8 Å². The van der Waals surface area contributed by atoms with E-state index in [9.17, 15) is 9.18 Å². The number of nitrogens with zero attached hydrogens (tertiary/aromatic N) is 5. The summed E-state index contributed by atoms with van der Waals surface area (Å²) in [5, 5.41) is 4.53. The van der Waals surface area contributed by atoms with Gasteiger partial charge in [0.05, 0.1) is 11.2 Å². The highest BCUT2D eigenvalue weighted by atomic mass is 35.5. The smallest absolute Gasteiger partial charge is 0.269 e. The zero-order chi connectivity index (χ0) is 20.8. The predicted molar refractivity (Wildman–Crippen MR) is 107 cm³/mol. The second-order valence-electron chi connectivity index (χ2n) is 7.05. The molecular weight excluding hydrogens is 411 g/mol. The van der Waals surface area contributed by atoms with Crippen molar-refractivity contribution in [2.45, 2.75) is 25.4 Å². The van der Waals surface area contributed by atoms with Crippen LogP contribution in [-0.4, -0.2) is 36.3 Å². The summed E-state index contributed by atoms with van der Waals surface area (Å²) >= 11 is 5.98. The molecule has 0 aliphatic heterocycles. The number of carbonyl (C=O) groups is 1. The molecule has 1 aliphatic rings. The maximum absolute atomic E-state index is 13.7. The predicted octanol–water partition coefficient (Wildman–Crippen LogP) is 3.13. The summed E-state index contributed by atoms with van der Waals surface area (Å²) in [6.45, 7) is 0. The molecule has 1 fully saturated rings. The van der Waals surface area contributed by atoms with Gasteiger partial charge < -0.3 is 10.6 Å². The molecular formula is C20H16ClFN6O2. The van der Waals surface area contributed by atoms with Crippen molar-refractivity contribution in [2.24, 2.45) is 5.73 Å². The first-order valence-electron chi connectivity index (χ1n) is 9.36. The Morgan fingerprint density at radius 2 is 2.07 bits per heavy atom. The number of aromatic nitrogens is 5. The van der Waals surface area contributed by atoms with Crippen LogP contribution in [-0.2, 0) is 0 Å². The highest BCUT2D eigenvalue weighted by Crippen LogP contribution is 2.33. The molecule has 30 heavy (non-hydrogen) atoms. The molecule has 5 rings (SSSR count). The van der Waals surface area contributed by atoms with E-state index in [4.69, 9.17) is 22.2 Å². The molecule has 10 heteroatoms. The molecule has 0 spiro atoms. The molecule has 152 valence electrons. The minimum atomic E-state index is -0.642. The van der Waals surface area contributed by atoms with Crippen molar-refractivity contribution in [3.05, 3.63) is 59.4 Å². The number of amides is 1. The molecule has 3 aromatic heterocycles. The first-order valence-corrected chi connectivity index (χ1v) is 9.74. The third-order valence-electron chi connectivity index (χ3n) is 5.10. The molecule has 8 nitrogen and oxygen atoms in total. The monoisotopic (exact) mass is 426 g/mol. The fourth-order valence-corrected chi connectivity index (χ4v) is 3.49. The van der Waals surface area contributed by atoms with Crippen molar-refractivity contribution in [1.82, 2.24) is 24.3 Å². The normalized spacial score (nSPS) is 14.1. The van der Waals surface area contributed by atoms with E-state index >= 15 is 0 Å². The highest BCUT2D eigenvalue weighted by molar-refractivity contribution is 6.31. The summed E-state index contributed by atoms with van der Waals surface area (Å²) < 4.78 is 16.6. The lowest BCUT2D eigenvalue weighted by Gasteiger charge is -2.26. The summed E-state index contributed by atoms with van der Waals surface area (Å²) in [6, 6.07) is 7.84. The molecule has 0 radical (unpaired) electrons. The van der Waals surface area contributed by atoms with E-state index in [0.29, 0.717) is 28.3 Å². The Bertz CT molecular complexity index is 1280. The maximum atomic E-state index is 13.7. The lowest BCUT2D eigenvalue weighted by atomic mass is 9.97. The van der Waals surface area contributed by atoms with Crippen LogP contribution >= 0.6 is 11.6 Å². The Balaban J connectivity index is 1.69. The highest BCUT2D eigenvalue weighted by Gasteiger charge is 2.25. The van der Waals surface area contributed by atoms with Gasteiger partial charge in [0.15, 0.2) is 5.65 Å². The van der Waals surface area contributed by atoms with Gasteiger partial charge in [-0.3, -0.25) is 4.79 Å². The molecule has 2 N–H and O–H groups in total. The molecule has 3 heterocycles. The van der Waals surface area contributed by atoms with Gasteiger partial charge in [-0.15, -0.1) is 0 Å². The van der Waals surface area contributed by atoms with Crippen LogP contribution in [0.4, 0.5) is 4.39 Å². The van der Waals surface area contributed by atoms with Crippen molar-refractivity contribution in [2.75, 3.05) is 0 Å². The Kier molecular flexibility index (Phi) is 4.39. The maximum Gasteiger partial charge on any atom is 0.269 e. The lowest BCUT2D eigenvalue weighted by molar-refractivity contribution is -0.00712. The number of fused-ring (bicyclic) bond motifs is 1. The molecule has 0 unspecified atom stereocenters. The van der Waals surface area contributed by atoms with E-state index in [-0.39, 0.29) is 16.8 Å². The van der Waals surface area contributed by atoms with Gasteiger partial charge >= 0.3 is 0 Å². The van der Waals surface area contributed by atoms with Crippen molar-refractivity contribution in [3.8, 4) is 22.6 Å². The van der Waals surface area contributed by atoms with E-state index in [2.05, 4.69) is 15.1 Å². The fraction of sp³-hybridized carbons (Fsp3) is 0.200. The van der Waals surface area contributed by atoms with Crippen LogP contribution < -0.4 is 10.6 Å². The van der Waals surface area contributed by atoms with Crippen LogP contribution in [0.2, 0.25) is 5.02 Å². The van der Waals surface area contributed by atoms with Gasteiger partial charge in [0.1, 0.15) is 41.0 Å². The van der Waals surface area contributed by atoms with Crippen molar-refractivity contribution >= 4 is 23.2 Å². The van der Waals surface area contributed by atoms with Crippen LogP contribution in [0.3, 0.4) is 0 Å². The van der Waals surface area contributed by atoms with Gasteiger partial charge in [-0.25, -0.2) is 18.9 Å². The molecule has 0 saturated heterocycles. The van der Waals surface area contributed by atoms with Gasteiger partial charge in [-0.05, 0) is 49.6 Å². The number of carbonyl (C=O) groups excluding carboxylic acids is 1. The SMILES string of the molecule is NC(=O)c1cnc2ccc(-c3c(-c4ccc(F)c(Cl)c4)ncn3OC3CCC3)nn12. The minimum Gasteiger partial charge on any atom is -0.409 e. The number of primary amides is 1. The van der Waals surface area contributed by atoms with E-state index in [0.717, 1.165) is 19.3 Å². The Hall–Kier alpha value is -3.46. The number of halogens is 2. The molecule has 1 aromatic carbocycles.